The topological polar surface area (TPSA) is 64.6 Å². The number of thiocarbonyl (C=S) groups is 1. The molecule has 31 heavy (non-hydrogen) atoms. The van der Waals surface area contributed by atoms with Crippen LogP contribution in [0.4, 0.5) is 5.69 Å². The van der Waals surface area contributed by atoms with Crippen molar-refractivity contribution in [1.82, 2.24) is 10.2 Å². The Morgan fingerprint density at radius 2 is 1.97 bits per heavy atom. The van der Waals surface area contributed by atoms with Gasteiger partial charge in [-0.1, -0.05) is 41.9 Å². The molecule has 0 radical (unpaired) electrons. The van der Waals surface area contributed by atoms with Crippen LogP contribution in [0, 0.1) is 0 Å². The van der Waals surface area contributed by atoms with Gasteiger partial charge in [0.2, 0.25) is 0 Å². The van der Waals surface area contributed by atoms with Gasteiger partial charge in [-0.2, -0.15) is 0 Å². The summed E-state index contributed by atoms with van der Waals surface area (Å²) in [6.07, 6.45) is 5.20. The van der Waals surface area contributed by atoms with Crippen LogP contribution < -0.4 is 10.6 Å². The van der Waals surface area contributed by atoms with E-state index in [0.29, 0.717) is 22.6 Å². The summed E-state index contributed by atoms with van der Waals surface area (Å²) in [5.74, 6) is -0.733. The minimum absolute atomic E-state index is 0.205. The fourth-order valence-corrected chi connectivity index (χ4v) is 4.60. The Bertz CT molecular complexity index is 893. The highest BCUT2D eigenvalue weighted by Crippen LogP contribution is 2.34. The Balaban J connectivity index is 1.53. The summed E-state index contributed by atoms with van der Waals surface area (Å²) < 4.78 is 0. The molecule has 3 N–H and O–H groups in total. The molecule has 1 atom stereocenters. The van der Waals surface area contributed by atoms with Gasteiger partial charge in [0.15, 0.2) is 5.11 Å². The smallest absolute Gasteiger partial charge is 0.303 e. The molecule has 0 saturated carbocycles. The molecule has 0 aliphatic heterocycles. The number of carboxylic acids is 1. The highest BCUT2D eigenvalue weighted by atomic mass is 35.5. The number of benzene rings is 2. The quantitative estimate of drug-likeness (QED) is 0.332. The highest BCUT2D eigenvalue weighted by Gasteiger charge is 2.25. The summed E-state index contributed by atoms with van der Waals surface area (Å²) in [6.45, 7) is 2.43. The van der Waals surface area contributed by atoms with E-state index in [1.54, 1.807) is 0 Å². The minimum Gasteiger partial charge on any atom is -0.481 e. The molecule has 0 spiro atoms. The largest absolute Gasteiger partial charge is 0.481 e. The van der Waals surface area contributed by atoms with Crippen LogP contribution in [0.15, 0.2) is 48.5 Å². The number of aryl methyl sites for hydroxylation is 1. The van der Waals surface area contributed by atoms with Crippen molar-refractivity contribution in [2.45, 2.75) is 44.6 Å². The van der Waals surface area contributed by atoms with E-state index in [4.69, 9.17) is 28.9 Å². The van der Waals surface area contributed by atoms with E-state index in [1.165, 1.54) is 17.5 Å². The van der Waals surface area contributed by atoms with Gasteiger partial charge in [-0.15, -0.1) is 0 Å². The minimum atomic E-state index is -0.733. The van der Waals surface area contributed by atoms with Crippen molar-refractivity contribution in [2.75, 3.05) is 25.0 Å². The number of halogens is 1. The molecule has 0 heterocycles. The first-order valence-electron chi connectivity index (χ1n) is 10.9. The maximum atomic E-state index is 11.0. The van der Waals surface area contributed by atoms with Crippen LogP contribution in [0.5, 0.6) is 0 Å². The average Bonchev–Trinajstić information content (AvgIpc) is 2.75. The zero-order valence-electron chi connectivity index (χ0n) is 17.6. The fraction of sp³-hybridized carbons (Fsp3) is 0.417. The molecule has 0 saturated heterocycles. The van der Waals surface area contributed by atoms with Gasteiger partial charge in [0, 0.05) is 36.3 Å². The van der Waals surface area contributed by atoms with Crippen molar-refractivity contribution in [3.8, 4) is 0 Å². The van der Waals surface area contributed by atoms with Gasteiger partial charge in [0.1, 0.15) is 0 Å². The van der Waals surface area contributed by atoms with Crippen molar-refractivity contribution >= 4 is 40.6 Å². The molecular formula is C24H30ClN3O2S. The average molecular weight is 460 g/mol. The van der Waals surface area contributed by atoms with E-state index in [-0.39, 0.29) is 6.42 Å². The van der Waals surface area contributed by atoms with Crippen LogP contribution in [0.1, 0.15) is 49.3 Å². The summed E-state index contributed by atoms with van der Waals surface area (Å²) in [5.41, 5.74) is 3.68. The molecule has 0 fully saturated rings. The lowest BCUT2D eigenvalue weighted by Crippen LogP contribution is -2.36. The standard InChI is InChI=1S/C24H30ClN3O2S/c25-19-9-4-10-20(17-19)27-24(31)26-14-6-16-28(15-5-13-23(29)30)22-12-3-8-18-7-1-2-11-21(18)22/h1-2,4,7,9-11,17,22H,3,5-6,8,12-16H2,(H,29,30)(H2,26,27,31). The molecule has 7 heteroatoms. The van der Waals surface area contributed by atoms with Crippen molar-refractivity contribution in [2.24, 2.45) is 0 Å². The Kier molecular flexibility index (Phi) is 9.13. The number of nitrogens with zero attached hydrogens (tertiary/aromatic N) is 1. The number of anilines is 1. The van der Waals surface area contributed by atoms with E-state index in [0.717, 1.165) is 44.6 Å². The number of hydrogen-bond donors (Lipinski definition) is 3. The predicted octanol–water partition coefficient (Wildman–Crippen LogP) is 5.26. The van der Waals surface area contributed by atoms with Crippen LogP contribution in [0.3, 0.4) is 0 Å². The number of rotatable bonds is 10. The number of carboxylic acid groups (broad SMARTS) is 1. The van der Waals surface area contributed by atoms with Gasteiger partial charge in [-0.25, -0.2) is 0 Å². The SMILES string of the molecule is O=C(O)CCCN(CCCNC(=S)Nc1cccc(Cl)c1)C1CCCc2ccccc21. The maximum absolute atomic E-state index is 11.0. The van der Waals surface area contributed by atoms with Gasteiger partial charge in [-0.3, -0.25) is 9.69 Å². The predicted molar refractivity (Wildman–Crippen MR) is 131 cm³/mol. The van der Waals surface area contributed by atoms with Crippen LogP contribution >= 0.6 is 23.8 Å². The maximum Gasteiger partial charge on any atom is 0.303 e. The second-order valence-corrected chi connectivity index (χ2v) is 8.73. The number of carbonyl (C=O) groups is 1. The summed E-state index contributed by atoms with van der Waals surface area (Å²) >= 11 is 11.4. The summed E-state index contributed by atoms with van der Waals surface area (Å²) in [4.78, 5) is 13.5. The van der Waals surface area contributed by atoms with E-state index < -0.39 is 5.97 Å². The molecule has 1 aliphatic rings. The van der Waals surface area contributed by atoms with Gasteiger partial charge < -0.3 is 15.7 Å². The molecule has 3 rings (SSSR count). The molecule has 1 aliphatic carbocycles. The van der Waals surface area contributed by atoms with Crippen LogP contribution in [-0.2, 0) is 11.2 Å². The van der Waals surface area contributed by atoms with Crippen molar-refractivity contribution in [3.05, 3.63) is 64.7 Å². The van der Waals surface area contributed by atoms with E-state index >= 15 is 0 Å². The number of nitrogens with one attached hydrogen (secondary N) is 2. The first-order chi connectivity index (χ1) is 15.0. The molecular weight excluding hydrogens is 430 g/mol. The Hall–Kier alpha value is -2.15. The fourth-order valence-electron chi connectivity index (χ4n) is 4.19. The van der Waals surface area contributed by atoms with Gasteiger partial charge in [0.25, 0.3) is 0 Å². The summed E-state index contributed by atoms with van der Waals surface area (Å²) in [5, 5.41) is 16.7. The monoisotopic (exact) mass is 459 g/mol. The molecule has 5 nitrogen and oxygen atoms in total. The van der Waals surface area contributed by atoms with Crippen molar-refractivity contribution in [3.63, 3.8) is 0 Å². The van der Waals surface area contributed by atoms with Gasteiger partial charge in [-0.05, 0) is 80.2 Å². The molecule has 2 aromatic carbocycles. The van der Waals surface area contributed by atoms with Gasteiger partial charge >= 0.3 is 5.97 Å². The molecule has 166 valence electrons. The lowest BCUT2D eigenvalue weighted by Gasteiger charge is -2.36. The number of aliphatic carboxylic acids is 1. The zero-order valence-corrected chi connectivity index (χ0v) is 19.2. The van der Waals surface area contributed by atoms with Crippen LogP contribution in [0.25, 0.3) is 0 Å². The van der Waals surface area contributed by atoms with Crippen molar-refractivity contribution in [1.29, 1.82) is 0 Å². The van der Waals surface area contributed by atoms with Crippen molar-refractivity contribution < 1.29 is 9.90 Å². The van der Waals surface area contributed by atoms with Crippen LogP contribution in [-0.4, -0.2) is 40.7 Å². The summed E-state index contributed by atoms with van der Waals surface area (Å²) in [6, 6.07) is 16.5. The second-order valence-electron chi connectivity index (χ2n) is 7.88. The number of hydrogen-bond acceptors (Lipinski definition) is 3. The third kappa shape index (κ3) is 7.49. The Labute approximate surface area is 194 Å². The van der Waals surface area contributed by atoms with E-state index in [1.807, 2.05) is 24.3 Å². The number of fused-ring (bicyclic) bond motifs is 1. The van der Waals surface area contributed by atoms with E-state index in [9.17, 15) is 4.79 Å². The third-order valence-electron chi connectivity index (χ3n) is 5.60. The molecule has 1 unspecified atom stereocenters. The molecule has 0 bridgehead atoms. The third-order valence-corrected chi connectivity index (χ3v) is 6.09. The molecule has 0 aromatic heterocycles. The Morgan fingerprint density at radius 3 is 2.77 bits per heavy atom. The molecule has 0 amide bonds. The summed E-state index contributed by atoms with van der Waals surface area (Å²) in [7, 11) is 0. The highest BCUT2D eigenvalue weighted by molar-refractivity contribution is 7.80. The van der Waals surface area contributed by atoms with Gasteiger partial charge in [0.05, 0.1) is 0 Å². The lowest BCUT2D eigenvalue weighted by molar-refractivity contribution is -0.137. The Morgan fingerprint density at radius 1 is 1.16 bits per heavy atom. The first kappa shape index (κ1) is 23.5. The normalized spacial score (nSPS) is 15.4. The lowest BCUT2D eigenvalue weighted by atomic mass is 9.86. The zero-order chi connectivity index (χ0) is 22.1. The second kappa shape index (κ2) is 12.0. The first-order valence-corrected chi connectivity index (χ1v) is 11.7. The van der Waals surface area contributed by atoms with E-state index in [2.05, 4.69) is 39.8 Å². The molecule has 2 aromatic rings. The van der Waals surface area contributed by atoms with Crippen LogP contribution in [0.2, 0.25) is 5.02 Å².